The van der Waals surface area contributed by atoms with Gasteiger partial charge in [-0.1, -0.05) is 13.8 Å². The lowest BCUT2D eigenvalue weighted by Gasteiger charge is -2.31. The van der Waals surface area contributed by atoms with E-state index >= 15 is 0 Å². The number of likely N-dealkylation sites (N-methyl/N-ethyl adjacent to an activating group) is 1. The maximum absolute atomic E-state index is 12.2. The predicted octanol–water partition coefficient (Wildman–Crippen LogP) is 0.315. The lowest BCUT2D eigenvalue weighted by atomic mass is 9.93. The van der Waals surface area contributed by atoms with Gasteiger partial charge in [-0.25, -0.2) is 4.79 Å². The van der Waals surface area contributed by atoms with Gasteiger partial charge >= 0.3 is 12.0 Å². The zero-order chi connectivity index (χ0) is 16.2. The lowest BCUT2D eigenvalue weighted by molar-refractivity contribution is -0.142. The average Bonchev–Trinajstić information content (AvgIpc) is 2.82. The van der Waals surface area contributed by atoms with Crippen LogP contribution in [0, 0.1) is 11.3 Å². The molecule has 0 aromatic rings. The van der Waals surface area contributed by atoms with Gasteiger partial charge in [0.15, 0.2) is 0 Å². The molecule has 1 rings (SSSR count). The van der Waals surface area contributed by atoms with Gasteiger partial charge in [0.1, 0.15) is 5.92 Å². The second kappa shape index (κ2) is 7.09. The Morgan fingerprint density at radius 1 is 1.29 bits per heavy atom. The molecule has 0 aliphatic carbocycles. The largest absolute Gasteiger partial charge is 0.481 e. The molecule has 1 aliphatic rings. The van der Waals surface area contributed by atoms with Crippen molar-refractivity contribution in [2.24, 2.45) is 11.3 Å². The van der Waals surface area contributed by atoms with E-state index < -0.39 is 17.9 Å². The first-order chi connectivity index (χ1) is 9.64. The fourth-order valence-corrected chi connectivity index (χ4v) is 2.66. The first-order valence-corrected chi connectivity index (χ1v) is 7.10. The van der Waals surface area contributed by atoms with Gasteiger partial charge in [-0.3, -0.25) is 4.79 Å². The molecule has 0 aromatic heterocycles. The van der Waals surface area contributed by atoms with Gasteiger partial charge in [-0.2, -0.15) is 0 Å². The molecule has 7 heteroatoms. The molecule has 0 radical (unpaired) electrons. The lowest BCUT2D eigenvalue weighted by Crippen LogP contribution is -2.50. The normalized spacial score (nSPS) is 22.4. The molecule has 21 heavy (non-hydrogen) atoms. The third-order valence-corrected chi connectivity index (χ3v) is 3.65. The van der Waals surface area contributed by atoms with Crippen molar-refractivity contribution in [2.75, 3.05) is 47.4 Å². The van der Waals surface area contributed by atoms with Crippen LogP contribution in [0.25, 0.3) is 0 Å². The number of carbonyl (C=O) groups is 2. The Bertz CT molecular complexity index is 384. The highest BCUT2D eigenvalue weighted by atomic mass is 16.5. The minimum Gasteiger partial charge on any atom is -0.481 e. The van der Waals surface area contributed by atoms with E-state index in [4.69, 9.17) is 9.84 Å². The molecule has 0 bridgehead atoms. The maximum Gasteiger partial charge on any atom is 0.317 e. The molecule has 0 aromatic carbocycles. The van der Waals surface area contributed by atoms with Crippen LogP contribution in [-0.4, -0.2) is 80.4 Å². The zero-order valence-corrected chi connectivity index (χ0v) is 13.5. The molecule has 1 fully saturated rings. The third kappa shape index (κ3) is 5.17. The number of ether oxygens (including phenoxy) is 1. The summed E-state index contributed by atoms with van der Waals surface area (Å²) in [6, 6.07) is -0.678. The Balaban J connectivity index is 2.53. The van der Waals surface area contributed by atoms with Crippen molar-refractivity contribution < 1.29 is 19.4 Å². The highest BCUT2D eigenvalue weighted by Gasteiger charge is 2.38. The van der Waals surface area contributed by atoms with Crippen molar-refractivity contribution in [3.8, 4) is 0 Å². The Morgan fingerprint density at radius 2 is 1.90 bits per heavy atom. The standard InChI is InChI=1S/C14H27N3O4/c1-14(2,9-16(3)4)8-15-13(20)17(5)11-7-21-6-10(11)12(18)19/h10-11H,6-9H2,1-5H3,(H,15,20)(H,18,19). The second-order valence-electron chi connectivity index (χ2n) is 6.72. The highest BCUT2D eigenvalue weighted by Crippen LogP contribution is 2.19. The summed E-state index contributed by atoms with van der Waals surface area (Å²) in [5, 5.41) is 12.0. The van der Waals surface area contributed by atoms with E-state index in [1.807, 2.05) is 14.1 Å². The molecule has 7 nitrogen and oxygen atoms in total. The minimum absolute atomic E-state index is 0.0572. The quantitative estimate of drug-likeness (QED) is 0.738. The molecular weight excluding hydrogens is 274 g/mol. The first kappa shape index (κ1) is 17.7. The summed E-state index contributed by atoms with van der Waals surface area (Å²) in [7, 11) is 5.59. The van der Waals surface area contributed by atoms with E-state index in [0.29, 0.717) is 6.54 Å². The van der Waals surface area contributed by atoms with Gasteiger partial charge in [-0.05, 0) is 19.5 Å². The van der Waals surface area contributed by atoms with Crippen LogP contribution in [0.1, 0.15) is 13.8 Å². The van der Waals surface area contributed by atoms with Crippen LogP contribution in [0.4, 0.5) is 4.79 Å². The fraction of sp³-hybridized carbons (Fsp3) is 0.857. The molecule has 1 aliphatic heterocycles. The number of nitrogens with one attached hydrogen (secondary N) is 1. The number of hydrogen-bond donors (Lipinski definition) is 2. The van der Waals surface area contributed by atoms with Crippen molar-refractivity contribution in [3.63, 3.8) is 0 Å². The van der Waals surface area contributed by atoms with E-state index in [0.717, 1.165) is 6.54 Å². The monoisotopic (exact) mass is 301 g/mol. The number of urea groups is 1. The predicted molar refractivity (Wildman–Crippen MR) is 79.2 cm³/mol. The van der Waals surface area contributed by atoms with Gasteiger partial charge in [0.05, 0.1) is 19.3 Å². The Kier molecular flexibility index (Phi) is 5.98. The van der Waals surface area contributed by atoms with Crippen LogP contribution in [-0.2, 0) is 9.53 Å². The second-order valence-corrected chi connectivity index (χ2v) is 6.72. The first-order valence-electron chi connectivity index (χ1n) is 7.10. The number of carboxylic acid groups (broad SMARTS) is 1. The summed E-state index contributed by atoms with van der Waals surface area (Å²) in [5.74, 6) is -1.58. The molecule has 2 atom stereocenters. The van der Waals surface area contributed by atoms with Crippen molar-refractivity contribution in [3.05, 3.63) is 0 Å². The van der Waals surface area contributed by atoms with Gasteiger partial charge < -0.3 is 25.0 Å². The van der Waals surface area contributed by atoms with Crippen LogP contribution < -0.4 is 5.32 Å². The summed E-state index contributed by atoms with van der Waals surface area (Å²) in [6.45, 7) is 5.95. The van der Waals surface area contributed by atoms with E-state index in [9.17, 15) is 9.59 Å². The molecular formula is C14H27N3O4. The molecule has 122 valence electrons. The van der Waals surface area contributed by atoms with Crippen molar-refractivity contribution in [2.45, 2.75) is 19.9 Å². The number of rotatable bonds is 6. The van der Waals surface area contributed by atoms with Gasteiger partial charge in [0.25, 0.3) is 0 Å². The number of aliphatic carboxylic acids is 1. The Morgan fingerprint density at radius 3 is 2.43 bits per heavy atom. The fourth-order valence-electron chi connectivity index (χ4n) is 2.66. The van der Waals surface area contributed by atoms with Crippen LogP contribution in [0.15, 0.2) is 0 Å². The van der Waals surface area contributed by atoms with Crippen LogP contribution in [0.5, 0.6) is 0 Å². The maximum atomic E-state index is 12.2. The molecule has 1 heterocycles. The average molecular weight is 301 g/mol. The number of carboxylic acids is 1. The number of carbonyl (C=O) groups excluding carboxylic acids is 1. The molecule has 0 spiro atoms. The molecule has 1 saturated heterocycles. The molecule has 2 amide bonds. The smallest absolute Gasteiger partial charge is 0.317 e. The third-order valence-electron chi connectivity index (χ3n) is 3.65. The minimum atomic E-state index is -0.926. The van der Waals surface area contributed by atoms with Gasteiger partial charge in [-0.15, -0.1) is 0 Å². The topological polar surface area (TPSA) is 82.1 Å². The van der Waals surface area contributed by atoms with Gasteiger partial charge in [0.2, 0.25) is 0 Å². The van der Waals surface area contributed by atoms with E-state index in [2.05, 4.69) is 24.1 Å². The van der Waals surface area contributed by atoms with Crippen LogP contribution >= 0.6 is 0 Å². The summed E-state index contributed by atoms with van der Waals surface area (Å²) in [4.78, 5) is 26.8. The molecule has 2 unspecified atom stereocenters. The van der Waals surface area contributed by atoms with Crippen molar-refractivity contribution >= 4 is 12.0 Å². The van der Waals surface area contributed by atoms with Crippen LogP contribution in [0.3, 0.4) is 0 Å². The van der Waals surface area contributed by atoms with Crippen LogP contribution in [0.2, 0.25) is 0 Å². The number of hydrogen-bond acceptors (Lipinski definition) is 4. The van der Waals surface area contributed by atoms with Crippen molar-refractivity contribution in [1.29, 1.82) is 0 Å². The Labute approximate surface area is 126 Å². The summed E-state index contributed by atoms with van der Waals surface area (Å²) in [6.07, 6.45) is 0. The van der Waals surface area contributed by atoms with E-state index in [1.54, 1.807) is 7.05 Å². The van der Waals surface area contributed by atoms with E-state index in [1.165, 1.54) is 4.90 Å². The summed E-state index contributed by atoms with van der Waals surface area (Å²) >= 11 is 0. The molecule has 0 saturated carbocycles. The van der Waals surface area contributed by atoms with Crippen molar-refractivity contribution in [1.82, 2.24) is 15.1 Å². The number of amides is 2. The number of nitrogens with zero attached hydrogens (tertiary/aromatic N) is 2. The Hall–Kier alpha value is -1.34. The summed E-state index contributed by atoms with van der Waals surface area (Å²) < 4.78 is 5.19. The molecule has 2 N–H and O–H groups in total. The zero-order valence-electron chi connectivity index (χ0n) is 13.5. The van der Waals surface area contributed by atoms with E-state index in [-0.39, 0.29) is 24.7 Å². The SMILES string of the molecule is CN(C)CC(C)(C)CNC(=O)N(C)C1COCC1C(=O)O. The van der Waals surface area contributed by atoms with Gasteiger partial charge in [0, 0.05) is 20.1 Å². The highest BCUT2D eigenvalue weighted by molar-refractivity contribution is 5.77. The summed E-state index contributed by atoms with van der Waals surface area (Å²) in [5.41, 5.74) is -0.0572.